The van der Waals surface area contributed by atoms with Gasteiger partial charge in [0.1, 0.15) is 5.60 Å². The second-order valence-corrected chi connectivity index (χ2v) is 5.94. The molecule has 1 aromatic rings. The fourth-order valence-electron chi connectivity index (χ4n) is 1.88. The van der Waals surface area contributed by atoms with Crippen molar-refractivity contribution in [2.24, 2.45) is 0 Å². The molecule has 0 heterocycles. The molecule has 0 fully saturated rings. The summed E-state index contributed by atoms with van der Waals surface area (Å²) in [7, 11) is 1.50. The molecule has 0 saturated heterocycles. The van der Waals surface area contributed by atoms with Crippen molar-refractivity contribution in [2.45, 2.75) is 38.8 Å². The molecule has 1 amide bonds. The van der Waals surface area contributed by atoms with Crippen LogP contribution in [0.1, 0.15) is 44.4 Å². The van der Waals surface area contributed by atoms with E-state index in [1.165, 1.54) is 11.9 Å². The van der Waals surface area contributed by atoms with Gasteiger partial charge in [0.05, 0.1) is 24.1 Å². The summed E-state index contributed by atoms with van der Waals surface area (Å²) in [5.41, 5.74) is 0.441. The molecule has 0 saturated carbocycles. The van der Waals surface area contributed by atoms with E-state index < -0.39 is 23.7 Å². The molecule has 22 heavy (non-hydrogen) atoms. The zero-order chi connectivity index (χ0) is 16.9. The van der Waals surface area contributed by atoms with Crippen molar-refractivity contribution < 1.29 is 19.4 Å². The minimum Gasteiger partial charge on any atom is -0.481 e. The van der Waals surface area contributed by atoms with E-state index in [9.17, 15) is 9.59 Å². The number of ether oxygens (including phenoxy) is 1. The summed E-state index contributed by atoms with van der Waals surface area (Å²) in [5.74, 6) is -1.02. The zero-order valence-corrected chi connectivity index (χ0v) is 13.2. The highest BCUT2D eigenvalue weighted by Crippen LogP contribution is 2.25. The lowest BCUT2D eigenvalue weighted by Crippen LogP contribution is -2.37. The summed E-state index contributed by atoms with van der Waals surface area (Å²) in [6.45, 7) is 5.23. The van der Waals surface area contributed by atoms with Crippen molar-refractivity contribution in [1.82, 2.24) is 4.90 Å². The minimum absolute atomic E-state index is 0.248. The minimum atomic E-state index is -1.02. The summed E-state index contributed by atoms with van der Waals surface area (Å²) in [6, 6.07) is 7.80. The largest absolute Gasteiger partial charge is 0.481 e. The number of amides is 1. The van der Waals surface area contributed by atoms with Crippen LogP contribution in [0.5, 0.6) is 0 Å². The molecule has 118 valence electrons. The number of aliphatic carboxylic acids is 1. The first-order valence-electron chi connectivity index (χ1n) is 6.81. The lowest BCUT2D eigenvalue weighted by atomic mass is 10.0. The molecule has 0 radical (unpaired) electrons. The monoisotopic (exact) mass is 304 g/mol. The maximum atomic E-state index is 12.1. The molecule has 6 heteroatoms. The van der Waals surface area contributed by atoms with E-state index in [-0.39, 0.29) is 6.42 Å². The Morgan fingerprint density at radius 3 is 2.27 bits per heavy atom. The molecule has 0 spiro atoms. The Balaban J connectivity index is 3.03. The second kappa shape index (κ2) is 6.94. The first-order valence-corrected chi connectivity index (χ1v) is 6.81. The predicted octanol–water partition coefficient (Wildman–Crippen LogP) is 2.94. The van der Waals surface area contributed by atoms with Gasteiger partial charge >= 0.3 is 12.1 Å². The number of rotatable bonds is 4. The van der Waals surface area contributed by atoms with Crippen molar-refractivity contribution in [2.75, 3.05) is 7.05 Å². The van der Waals surface area contributed by atoms with Crippen LogP contribution in [0.25, 0.3) is 0 Å². The number of carbonyl (C=O) groups is 2. The Morgan fingerprint density at radius 2 is 1.86 bits per heavy atom. The van der Waals surface area contributed by atoms with Crippen LogP contribution in [-0.4, -0.2) is 34.7 Å². The Morgan fingerprint density at radius 1 is 1.32 bits per heavy atom. The van der Waals surface area contributed by atoms with Crippen LogP contribution in [0.2, 0.25) is 0 Å². The average Bonchev–Trinajstić information content (AvgIpc) is 2.42. The molecule has 1 rings (SSSR count). The number of hydrogen-bond acceptors (Lipinski definition) is 4. The van der Waals surface area contributed by atoms with Crippen molar-refractivity contribution >= 4 is 12.1 Å². The van der Waals surface area contributed by atoms with Crippen LogP contribution >= 0.6 is 0 Å². The summed E-state index contributed by atoms with van der Waals surface area (Å²) in [6.07, 6.45) is -0.843. The first-order chi connectivity index (χ1) is 10.1. The molecule has 1 unspecified atom stereocenters. The SMILES string of the molecule is CN(C(=O)OC(C)(C)C)C(CC(=O)O)c1ccc(C#N)cc1. The van der Waals surface area contributed by atoms with Crippen molar-refractivity contribution in [3.8, 4) is 6.07 Å². The van der Waals surface area contributed by atoms with Gasteiger partial charge in [0.15, 0.2) is 0 Å². The summed E-state index contributed by atoms with van der Waals surface area (Å²) >= 11 is 0. The van der Waals surface area contributed by atoms with Crippen LogP contribution in [0.4, 0.5) is 4.79 Å². The topological polar surface area (TPSA) is 90.6 Å². The maximum Gasteiger partial charge on any atom is 0.410 e. The molecule has 0 aliphatic rings. The number of carboxylic acid groups (broad SMARTS) is 1. The van der Waals surface area contributed by atoms with Gasteiger partial charge in [0.2, 0.25) is 0 Å². The molecule has 0 aliphatic carbocycles. The molecule has 1 atom stereocenters. The smallest absolute Gasteiger partial charge is 0.410 e. The Kier molecular flexibility index (Phi) is 5.52. The number of benzene rings is 1. The third-order valence-electron chi connectivity index (χ3n) is 2.94. The maximum absolute atomic E-state index is 12.1. The third-order valence-corrected chi connectivity index (χ3v) is 2.94. The lowest BCUT2D eigenvalue weighted by Gasteiger charge is -2.30. The molecule has 6 nitrogen and oxygen atoms in total. The Hall–Kier alpha value is -2.55. The van der Waals surface area contributed by atoms with Crippen LogP contribution in [-0.2, 0) is 9.53 Å². The normalized spacial score (nSPS) is 12.1. The van der Waals surface area contributed by atoms with Crippen LogP contribution in [0.3, 0.4) is 0 Å². The van der Waals surface area contributed by atoms with E-state index in [1.54, 1.807) is 45.0 Å². The van der Waals surface area contributed by atoms with Gasteiger partial charge in [-0.1, -0.05) is 12.1 Å². The standard InChI is InChI=1S/C16H20N2O4/c1-16(2,3)22-15(21)18(4)13(9-14(19)20)12-7-5-11(10-17)6-8-12/h5-8,13H,9H2,1-4H3,(H,19,20). The van der Waals surface area contributed by atoms with Gasteiger partial charge in [-0.3, -0.25) is 4.79 Å². The Bertz CT molecular complexity index is 582. The van der Waals surface area contributed by atoms with Crippen molar-refractivity contribution in [1.29, 1.82) is 5.26 Å². The fraction of sp³-hybridized carbons (Fsp3) is 0.438. The molecule has 1 N–H and O–H groups in total. The van der Waals surface area contributed by atoms with Gasteiger partial charge in [-0.25, -0.2) is 4.79 Å². The average molecular weight is 304 g/mol. The second-order valence-electron chi connectivity index (χ2n) is 5.94. The number of hydrogen-bond donors (Lipinski definition) is 1. The van der Waals surface area contributed by atoms with E-state index in [0.29, 0.717) is 11.1 Å². The Labute approximate surface area is 129 Å². The number of carboxylic acids is 1. The van der Waals surface area contributed by atoms with E-state index in [0.717, 1.165) is 0 Å². The molecular weight excluding hydrogens is 284 g/mol. The van der Waals surface area contributed by atoms with Gasteiger partial charge in [-0.15, -0.1) is 0 Å². The molecular formula is C16H20N2O4. The quantitative estimate of drug-likeness (QED) is 0.923. The number of carbonyl (C=O) groups excluding carboxylic acids is 1. The molecule has 0 bridgehead atoms. The van der Waals surface area contributed by atoms with Gasteiger partial charge in [-0.2, -0.15) is 5.26 Å². The zero-order valence-electron chi connectivity index (χ0n) is 13.2. The van der Waals surface area contributed by atoms with Gasteiger partial charge < -0.3 is 14.7 Å². The van der Waals surface area contributed by atoms with Crippen molar-refractivity contribution in [3.05, 3.63) is 35.4 Å². The lowest BCUT2D eigenvalue weighted by molar-refractivity contribution is -0.138. The predicted molar refractivity (Wildman–Crippen MR) is 80.1 cm³/mol. The number of nitriles is 1. The highest BCUT2D eigenvalue weighted by Gasteiger charge is 2.28. The molecule has 0 aromatic heterocycles. The highest BCUT2D eigenvalue weighted by atomic mass is 16.6. The molecule has 0 aliphatic heterocycles. The van der Waals surface area contributed by atoms with Crippen LogP contribution < -0.4 is 0 Å². The van der Waals surface area contributed by atoms with E-state index in [4.69, 9.17) is 15.1 Å². The number of nitrogens with zero attached hydrogens (tertiary/aromatic N) is 2. The fourth-order valence-corrected chi connectivity index (χ4v) is 1.88. The van der Waals surface area contributed by atoms with E-state index in [1.807, 2.05) is 6.07 Å². The summed E-state index contributed by atoms with van der Waals surface area (Å²) in [4.78, 5) is 24.5. The van der Waals surface area contributed by atoms with Gasteiger partial charge in [0, 0.05) is 7.05 Å². The van der Waals surface area contributed by atoms with Crippen LogP contribution in [0, 0.1) is 11.3 Å². The van der Waals surface area contributed by atoms with E-state index >= 15 is 0 Å². The van der Waals surface area contributed by atoms with Gasteiger partial charge in [0.25, 0.3) is 0 Å². The van der Waals surface area contributed by atoms with E-state index in [2.05, 4.69) is 0 Å². The van der Waals surface area contributed by atoms with Crippen LogP contribution in [0.15, 0.2) is 24.3 Å². The molecule has 1 aromatic carbocycles. The van der Waals surface area contributed by atoms with Crippen molar-refractivity contribution in [3.63, 3.8) is 0 Å². The first kappa shape index (κ1) is 17.5. The highest BCUT2D eigenvalue weighted by molar-refractivity contribution is 5.72. The van der Waals surface area contributed by atoms with Gasteiger partial charge in [-0.05, 0) is 38.5 Å². The summed E-state index contributed by atoms with van der Waals surface area (Å²) < 4.78 is 5.27. The third kappa shape index (κ3) is 5.09. The summed E-state index contributed by atoms with van der Waals surface area (Å²) in [5, 5.41) is 17.9.